The minimum atomic E-state index is 0.846. The summed E-state index contributed by atoms with van der Waals surface area (Å²) < 4.78 is 11.3. The van der Waals surface area contributed by atoms with Gasteiger partial charge in [-0.25, -0.2) is 0 Å². The molecule has 0 aromatic heterocycles. The Morgan fingerprint density at radius 2 is 1.09 bits per heavy atom. The van der Waals surface area contributed by atoms with Crippen LogP contribution in [0.5, 0.6) is 11.5 Å². The number of hydrogen-bond donors (Lipinski definition) is 0. The van der Waals surface area contributed by atoms with E-state index in [1.807, 2.05) is 28.2 Å². The highest BCUT2D eigenvalue weighted by Gasteiger charge is 2.27. The fraction of sp³-hybridized carbons (Fsp3) is 0.368. The van der Waals surface area contributed by atoms with Gasteiger partial charge in [-0.3, -0.25) is 0 Å². The zero-order valence-corrected chi connectivity index (χ0v) is 14.7. The van der Waals surface area contributed by atoms with Gasteiger partial charge in [0.05, 0.1) is 14.2 Å². The molecule has 1 aliphatic carbocycles. The molecule has 0 radical (unpaired) electrons. The number of ether oxygens (including phenoxy) is 2. The van der Waals surface area contributed by atoms with Crippen molar-refractivity contribution in [2.75, 3.05) is 52.2 Å². The smallest absolute Gasteiger partial charge is 0.125 e. The topological polar surface area (TPSA) is 24.9 Å². The number of rotatable bonds is 4. The average Bonchev–Trinajstić information content (AvgIpc) is 2.91. The first-order valence-corrected chi connectivity index (χ1v) is 7.73. The molecule has 122 valence electrons. The van der Waals surface area contributed by atoms with E-state index in [9.17, 15) is 0 Å². The summed E-state index contributed by atoms with van der Waals surface area (Å²) in [5, 5.41) is 0. The van der Waals surface area contributed by atoms with E-state index in [2.05, 4.69) is 34.1 Å². The zero-order valence-electron chi connectivity index (χ0n) is 14.7. The van der Waals surface area contributed by atoms with Crippen molar-refractivity contribution in [1.82, 2.24) is 0 Å². The number of nitrogens with zero attached hydrogens (tertiary/aromatic N) is 2. The van der Waals surface area contributed by atoms with Crippen molar-refractivity contribution in [3.63, 3.8) is 0 Å². The third-order valence-electron chi connectivity index (χ3n) is 4.50. The lowest BCUT2D eigenvalue weighted by molar-refractivity contribution is 0.407. The van der Waals surface area contributed by atoms with Gasteiger partial charge in [-0.2, -0.15) is 0 Å². The minimum Gasteiger partial charge on any atom is -0.496 e. The van der Waals surface area contributed by atoms with Crippen LogP contribution in [0.25, 0.3) is 11.1 Å². The Morgan fingerprint density at radius 3 is 1.39 bits per heavy atom. The molecule has 0 amide bonds. The SMILES string of the molecule is COc1cc(N(C)C)cc2c1Cc1c(OC)cc(N(C)C)cc1-2. The van der Waals surface area contributed by atoms with Crippen LogP contribution in [0.4, 0.5) is 11.4 Å². The number of hydrogen-bond acceptors (Lipinski definition) is 4. The first-order valence-electron chi connectivity index (χ1n) is 7.73. The van der Waals surface area contributed by atoms with E-state index >= 15 is 0 Å². The predicted molar refractivity (Wildman–Crippen MR) is 96.4 cm³/mol. The summed E-state index contributed by atoms with van der Waals surface area (Å²) in [4.78, 5) is 4.21. The van der Waals surface area contributed by atoms with Crippen molar-refractivity contribution >= 4 is 11.4 Å². The molecular formula is C19H24N2O2. The van der Waals surface area contributed by atoms with E-state index in [0.717, 1.165) is 29.3 Å². The van der Waals surface area contributed by atoms with Gasteiger partial charge in [0.2, 0.25) is 0 Å². The van der Waals surface area contributed by atoms with Crippen molar-refractivity contribution in [3.05, 3.63) is 35.4 Å². The lowest BCUT2D eigenvalue weighted by atomic mass is 10.0. The predicted octanol–water partition coefficient (Wildman–Crippen LogP) is 3.41. The summed E-state index contributed by atoms with van der Waals surface area (Å²) in [5.41, 5.74) is 7.24. The quantitative estimate of drug-likeness (QED) is 0.737. The lowest BCUT2D eigenvalue weighted by Gasteiger charge is -2.18. The van der Waals surface area contributed by atoms with Crippen LogP contribution in [0, 0.1) is 0 Å². The van der Waals surface area contributed by atoms with Gasteiger partial charge in [0.15, 0.2) is 0 Å². The fourth-order valence-electron chi connectivity index (χ4n) is 3.16. The summed E-state index contributed by atoms with van der Waals surface area (Å²) in [7, 11) is 11.7. The third-order valence-corrected chi connectivity index (χ3v) is 4.50. The summed E-state index contributed by atoms with van der Waals surface area (Å²) >= 11 is 0. The molecular weight excluding hydrogens is 288 g/mol. The highest BCUT2D eigenvalue weighted by molar-refractivity contribution is 5.86. The van der Waals surface area contributed by atoms with Crippen LogP contribution in [-0.4, -0.2) is 42.4 Å². The molecule has 2 aromatic carbocycles. The van der Waals surface area contributed by atoms with Crippen molar-refractivity contribution in [3.8, 4) is 22.6 Å². The van der Waals surface area contributed by atoms with Crippen molar-refractivity contribution in [2.45, 2.75) is 6.42 Å². The molecule has 0 unspecified atom stereocenters. The van der Waals surface area contributed by atoms with Crippen LogP contribution in [0.3, 0.4) is 0 Å². The summed E-state index contributed by atoms with van der Waals surface area (Å²) in [6, 6.07) is 8.68. The standard InChI is InChI=1S/C19H24N2O2/c1-20(2)12-7-14-15-8-13(21(3)4)10-19(23-6)17(15)11-16(14)18(9-12)22-5/h7-10H,11H2,1-6H3. The van der Waals surface area contributed by atoms with Gasteiger partial charge in [0.1, 0.15) is 11.5 Å². The molecule has 4 heteroatoms. The Labute approximate surface area is 138 Å². The van der Waals surface area contributed by atoms with E-state index in [-0.39, 0.29) is 0 Å². The largest absolute Gasteiger partial charge is 0.496 e. The molecule has 0 saturated carbocycles. The second-order valence-corrected chi connectivity index (χ2v) is 6.31. The Bertz CT molecular complexity index is 688. The van der Waals surface area contributed by atoms with Gasteiger partial charge in [0, 0.05) is 69.2 Å². The molecule has 3 rings (SSSR count). The second-order valence-electron chi connectivity index (χ2n) is 6.31. The molecule has 2 aromatic rings. The minimum absolute atomic E-state index is 0.846. The van der Waals surface area contributed by atoms with Crippen LogP contribution in [0.1, 0.15) is 11.1 Å². The summed E-state index contributed by atoms with van der Waals surface area (Å²) in [5.74, 6) is 1.88. The van der Waals surface area contributed by atoms with E-state index in [1.54, 1.807) is 14.2 Å². The third kappa shape index (κ3) is 2.48. The van der Waals surface area contributed by atoms with E-state index in [1.165, 1.54) is 22.3 Å². The Kier molecular flexibility index (Phi) is 3.84. The molecule has 0 N–H and O–H groups in total. The Morgan fingerprint density at radius 1 is 0.696 bits per heavy atom. The number of benzene rings is 2. The maximum atomic E-state index is 5.65. The molecule has 0 heterocycles. The molecule has 0 fully saturated rings. The Hall–Kier alpha value is -2.36. The molecule has 0 aliphatic heterocycles. The maximum Gasteiger partial charge on any atom is 0.125 e. The van der Waals surface area contributed by atoms with Crippen LogP contribution in [0.2, 0.25) is 0 Å². The molecule has 4 nitrogen and oxygen atoms in total. The zero-order chi connectivity index (χ0) is 16.7. The molecule has 0 saturated heterocycles. The highest BCUT2D eigenvalue weighted by atomic mass is 16.5. The van der Waals surface area contributed by atoms with Crippen LogP contribution in [0.15, 0.2) is 24.3 Å². The molecule has 0 atom stereocenters. The highest BCUT2D eigenvalue weighted by Crippen LogP contribution is 2.48. The van der Waals surface area contributed by atoms with Gasteiger partial charge < -0.3 is 19.3 Å². The first kappa shape index (κ1) is 15.5. The van der Waals surface area contributed by atoms with E-state index in [4.69, 9.17) is 9.47 Å². The number of anilines is 2. The molecule has 23 heavy (non-hydrogen) atoms. The monoisotopic (exact) mass is 312 g/mol. The van der Waals surface area contributed by atoms with Crippen molar-refractivity contribution in [2.24, 2.45) is 0 Å². The number of methoxy groups -OCH3 is 2. The van der Waals surface area contributed by atoms with E-state index in [0.29, 0.717) is 0 Å². The van der Waals surface area contributed by atoms with Gasteiger partial charge in [-0.15, -0.1) is 0 Å². The lowest BCUT2D eigenvalue weighted by Crippen LogP contribution is -2.09. The van der Waals surface area contributed by atoms with Crippen molar-refractivity contribution < 1.29 is 9.47 Å². The summed E-state index contributed by atoms with van der Waals surface area (Å²) in [6.07, 6.45) is 0.846. The van der Waals surface area contributed by atoms with E-state index < -0.39 is 0 Å². The summed E-state index contributed by atoms with van der Waals surface area (Å²) in [6.45, 7) is 0. The molecule has 1 aliphatic rings. The van der Waals surface area contributed by atoms with Crippen LogP contribution in [-0.2, 0) is 6.42 Å². The molecule has 0 spiro atoms. The first-order chi connectivity index (χ1) is 11.0. The van der Waals surface area contributed by atoms with Gasteiger partial charge in [-0.1, -0.05) is 0 Å². The number of fused-ring (bicyclic) bond motifs is 3. The van der Waals surface area contributed by atoms with Gasteiger partial charge in [-0.05, 0) is 23.3 Å². The van der Waals surface area contributed by atoms with Gasteiger partial charge >= 0.3 is 0 Å². The average molecular weight is 312 g/mol. The van der Waals surface area contributed by atoms with Gasteiger partial charge in [0.25, 0.3) is 0 Å². The van der Waals surface area contributed by atoms with Crippen LogP contribution < -0.4 is 19.3 Å². The normalized spacial score (nSPS) is 11.7. The van der Waals surface area contributed by atoms with Crippen LogP contribution >= 0.6 is 0 Å². The van der Waals surface area contributed by atoms with Crippen molar-refractivity contribution in [1.29, 1.82) is 0 Å². The molecule has 0 bridgehead atoms. The Balaban J connectivity index is 2.26. The fourth-order valence-corrected chi connectivity index (χ4v) is 3.16. The maximum absolute atomic E-state index is 5.65. The second kappa shape index (κ2) is 5.69.